The first-order valence-corrected chi connectivity index (χ1v) is 4.91. The van der Waals surface area contributed by atoms with Crippen LogP contribution in [-0.4, -0.2) is 46.0 Å². The van der Waals surface area contributed by atoms with E-state index in [0.29, 0.717) is 5.82 Å². The Bertz CT molecular complexity index is 505. The van der Waals surface area contributed by atoms with Gasteiger partial charge in [-0.05, 0) is 6.07 Å². The summed E-state index contributed by atoms with van der Waals surface area (Å²) in [5, 5.41) is 7.00. The Balaban J connectivity index is 2.06. The Morgan fingerprint density at radius 1 is 1.50 bits per heavy atom. The van der Waals surface area contributed by atoms with Crippen molar-refractivity contribution in [1.29, 1.82) is 0 Å². The Labute approximate surface area is 92.9 Å². The van der Waals surface area contributed by atoms with E-state index < -0.39 is 0 Å². The SMILES string of the molecule is CN(C)C(=O)CNc1ccn2nccc2n1. The van der Waals surface area contributed by atoms with Crippen molar-refractivity contribution in [2.24, 2.45) is 0 Å². The van der Waals surface area contributed by atoms with E-state index in [1.54, 1.807) is 43.1 Å². The Hall–Kier alpha value is -2.11. The van der Waals surface area contributed by atoms with E-state index in [9.17, 15) is 4.79 Å². The van der Waals surface area contributed by atoms with E-state index in [0.717, 1.165) is 5.65 Å². The lowest BCUT2D eigenvalue weighted by molar-refractivity contribution is -0.126. The molecule has 0 unspecified atom stereocenters. The third-order valence-electron chi connectivity index (χ3n) is 2.18. The molecule has 2 rings (SSSR count). The minimum Gasteiger partial charge on any atom is -0.361 e. The number of amides is 1. The van der Waals surface area contributed by atoms with Crippen molar-refractivity contribution in [3.05, 3.63) is 24.5 Å². The van der Waals surface area contributed by atoms with Gasteiger partial charge in [0.2, 0.25) is 5.91 Å². The zero-order valence-electron chi connectivity index (χ0n) is 9.21. The van der Waals surface area contributed by atoms with Crippen LogP contribution in [0.3, 0.4) is 0 Å². The molecule has 0 aromatic carbocycles. The maximum Gasteiger partial charge on any atom is 0.241 e. The fourth-order valence-electron chi connectivity index (χ4n) is 1.24. The maximum absolute atomic E-state index is 11.3. The Kier molecular flexibility index (Phi) is 2.72. The molecule has 0 spiro atoms. The third kappa shape index (κ3) is 2.10. The molecule has 1 N–H and O–H groups in total. The van der Waals surface area contributed by atoms with Gasteiger partial charge >= 0.3 is 0 Å². The number of anilines is 1. The fourth-order valence-corrected chi connectivity index (χ4v) is 1.24. The summed E-state index contributed by atoms with van der Waals surface area (Å²) in [5.41, 5.74) is 0.752. The van der Waals surface area contributed by atoms with Gasteiger partial charge < -0.3 is 10.2 Å². The van der Waals surface area contributed by atoms with Gasteiger partial charge in [-0.25, -0.2) is 9.50 Å². The molecule has 0 fully saturated rings. The highest BCUT2D eigenvalue weighted by Crippen LogP contribution is 2.05. The number of rotatable bonds is 3. The van der Waals surface area contributed by atoms with Crippen LogP contribution in [0.5, 0.6) is 0 Å². The predicted molar refractivity (Wildman–Crippen MR) is 60.2 cm³/mol. The van der Waals surface area contributed by atoms with Gasteiger partial charge in [0.15, 0.2) is 5.65 Å². The van der Waals surface area contributed by atoms with Crippen molar-refractivity contribution in [1.82, 2.24) is 19.5 Å². The highest BCUT2D eigenvalue weighted by molar-refractivity contribution is 5.80. The monoisotopic (exact) mass is 219 g/mol. The standard InChI is InChI=1S/C10H13N5O/c1-14(2)10(16)7-11-8-4-6-15-9(13-8)3-5-12-15/h3-6H,7H2,1-2H3,(H,11,13). The molecule has 0 aliphatic heterocycles. The van der Waals surface area contributed by atoms with Gasteiger partial charge in [0, 0.05) is 26.4 Å². The largest absolute Gasteiger partial charge is 0.361 e. The Morgan fingerprint density at radius 2 is 2.31 bits per heavy atom. The summed E-state index contributed by atoms with van der Waals surface area (Å²) in [6.45, 7) is 0.240. The second-order valence-electron chi connectivity index (χ2n) is 3.59. The van der Waals surface area contributed by atoms with Crippen molar-refractivity contribution in [2.75, 3.05) is 26.0 Å². The van der Waals surface area contributed by atoms with E-state index >= 15 is 0 Å². The van der Waals surface area contributed by atoms with Gasteiger partial charge in [0.25, 0.3) is 0 Å². The van der Waals surface area contributed by atoms with Crippen LogP contribution in [0, 0.1) is 0 Å². The van der Waals surface area contributed by atoms with Crippen LogP contribution < -0.4 is 5.32 Å². The van der Waals surface area contributed by atoms with Gasteiger partial charge in [-0.1, -0.05) is 0 Å². The first-order valence-electron chi connectivity index (χ1n) is 4.91. The quantitative estimate of drug-likeness (QED) is 0.802. The zero-order valence-corrected chi connectivity index (χ0v) is 9.21. The molecular weight excluding hydrogens is 206 g/mol. The molecule has 2 aromatic rings. The third-order valence-corrected chi connectivity index (χ3v) is 2.18. The van der Waals surface area contributed by atoms with Gasteiger partial charge in [-0.15, -0.1) is 0 Å². The number of fused-ring (bicyclic) bond motifs is 1. The van der Waals surface area contributed by atoms with Crippen LogP contribution in [-0.2, 0) is 4.79 Å². The van der Waals surface area contributed by atoms with Gasteiger partial charge in [0.1, 0.15) is 5.82 Å². The number of carbonyl (C=O) groups is 1. The summed E-state index contributed by atoms with van der Waals surface area (Å²) in [5.74, 6) is 0.679. The highest BCUT2D eigenvalue weighted by atomic mass is 16.2. The van der Waals surface area contributed by atoms with Crippen LogP contribution >= 0.6 is 0 Å². The molecule has 0 aliphatic carbocycles. The van der Waals surface area contributed by atoms with Crippen LogP contribution in [0.25, 0.3) is 5.65 Å². The molecule has 0 aliphatic rings. The minimum atomic E-state index is 0.00943. The minimum absolute atomic E-state index is 0.00943. The van der Waals surface area contributed by atoms with Gasteiger partial charge in [-0.2, -0.15) is 5.10 Å². The molecule has 0 bridgehead atoms. The number of hydrogen-bond acceptors (Lipinski definition) is 4. The molecule has 84 valence electrons. The number of aromatic nitrogens is 3. The normalized spacial score (nSPS) is 10.4. The summed E-state index contributed by atoms with van der Waals surface area (Å²) in [6, 6.07) is 3.59. The van der Waals surface area contributed by atoms with Crippen molar-refractivity contribution in [3.63, 3.8) is 0 Å². The average molecular weight is 219 g/mol. The molecule has 2 aromatic heterocycles. The number of carbonyl (C=O) groups excluding carboxylic acids is 1. The number of nitrogens with zero attached hydrogens (tertiary/aromatic N) is 4. The molecule has 0 atom stereocenters. The lowest BCUT2D eigenvalue weighted by Gasteiger charge is -2.11. The molecular formula is C10H13N5O. The average Bonchev–Trinajstić information content (AvgIpc) is 2.72. The lowest BCUT2D eigenvalue weighted by Crippen LogP contribution is -2.28. The summed E-state index contributed by atoms with van der Waals surface area (Å²) in [7, 11) is 3.44. The first-order chi connectivity index (χ1) is 7.66. The van der Waals surface area contributed by atoms with Crippen molar-refractivity contribution in [2.45, 2.75) is 0 Å². The fraction of sp³-hybridized carbons (Fsp3) is 0.300. The van der Waals surface area contributed by atoms with Crippen molar-refractivity contribution >= 4 is 17.4 Å². The summed E-state index contributed by atoms with van der Waals surface area (Å²) >= 11 is 0. The molecule has 0 saturated carbocycles. The van der Waals surface area contributed by atoms with Crippen LogP contribution in [0.4, 0.5) is 5.82 Å². The lowest BCUT2D eigenvalue weighted by atomic mass is 10.5. The summed E-state index contributed by atoms with van der Waals surface area (Å²) in [4.78, 5) is 17.2. The molecule has 2 heterocycles. The molecule has 16 heavy (non-hydrogen) atoms. The van der Waals surface area contributed by atoms with Crippen molar-refractivity contribution in [3.8, 4) is 0 Å². The number of hydrogen-bond donors (Lipinski definition) is 1. The molecule has 0 radical (unpaired) electrons. The Morgan fingerprint density at radius 3 is 3.06 bits per heavy atom. The van der Waals surface area contributed by atoms with E-state index in [4.69, 9.17) is 0 Å². The second-order valence-corrected chi connectivity index (χ2v) is 3.59. The van der Waals surface area contributed by atoms with Crippen LogP contribution in [0.2, 0.25) is 0 Å². The predicted octanol–water partition coefficient (Wildman–Crippen LogP) is 0.229. The number of nitrogens with one attached hydrogen (secondary N) is 1. The molecule has 0 saturated heterocycles. The zero-order chi connectivity index (χ0) is 11.5. The maximum atomic E-state index is 11.3. The number of likely N-dealkylation sites (N-methyl/N-ethyl adjacent to an activating group) is 1. The smallest absolute Gasteiger partial charge is 0.241 e. The topological polar surface area (TPSA) is 62.5 Å². The van der Waals surface area contributed by atoms with Gasteiger partial charge in [-0.3, -0.25) is 4.79 Å². The summed E-state index contributed by atoms with van der Waals surface area (Å²) < 4.78 is 1.67. The summed E-state index contributed by atoms with van der Waals surface area (Å²) in [6.07, 6.45) is 3.47. The molecule has 6 nitrogen and oxygen atoms in total. The highest BCUT2D eigenvalue weighted by Gasteiger charge is 2.04. The van der Waals surface area contributed by atoms with Crippen LogP contribution in [0.15, 0.2) is 24.5 Å². The van der Waals surface area contributed by atoms with E-state index in [2.05, 4.69) is 15.4 Å². The van der Waals surface area contributed by atoms with E-state index in [1.807, 2.05) is 0 Å². The molecule has 1 amide bonds. The first kappa shape index (κ1) is 10.4. The van der Waals surface area contributed by atoms with E-state index in [1.165, 1.54) is 4.90 Å². The van der Waals surface area contributed by atoms with E-state index in [-0.39, 0.29) is 12.5 Å². The molecule has 6 heteroatoms. The van der Waals surface area contributed by atoms with Crippen molar-refractivity contribution < 1.29 is 4.79 Å². The second kappa shape index (κ2) is 4.18. The van der Waals surface area contributed by atoms with Gasteiger partial charge in [0.05, 0.1) is 12.7 Å². The van der Waals surface area contributed by atoms with Crippen LogP contribution in [0.1, 0.15) is 0 Å².